The zero-order chi connectivity index (χ0) is 11.7. The summed E-state index contributed by atoms with van der Waals surface area (Å²) >= 11 is 0. The van der Waals surface area contributed by atoms with E-state index in [0.29, 0.717) is 17.3 Å². The standard InChI is InChI=1S/C12H14N2O2/c1-7-4-8-5-10(15-2)11(16-3)6-9(8)14-12(7)13/h4-6H,1-3H3,(H2,13,14). The Bertz CT molecular complexity index is 490. The summed E-state index contributed by atoms with van der Waals surface area (Å²) in [4.78, 5) is 4.30. The zero-order valence-corrected chi connectivity index (χ0v) is 9.57. The van der Waals surface area contributed by atoms with Crippen LogP contribution >= 0.6 is 0 Å². The number of nitrogen functional groups attached to an aromatic ring is 1. The van der Waals surface area contributed by atoms with Gasteiger partial charge in [0.1, 0.15) is 5.82 Å². The van der Waals surface area contributed by atoms with E-state index in [4.69, 9.17) is 15.2 Å². The van der Waals surface area contributed by atoms with Crippen LogP contribution in [0, 0.1) is 6.92 Å². The summed E-state index contributed by atoms with van der Waals surface area (Å²) < 4.78 is 10.4. The van der Waals surface area contributed by atoms with Gasteiger partial charge in [-0.2, -0.15) is 0 Å². The molecule has 2 N–H and O–H groups in total. The predicted molar refractivity (Wildman–Crippen MR) is 64.0 cm³/mol. The second-order valence-electron chi connectivity index (χ2n) is 3.59. The Hall–Kier alpha value is -1.97. The lowest BCUT2D eigenvalue weighted by Crippen LogP contribution is -1.96. The second-order valence-corrected chi connectivity index (χ2v) is 3.59. The molecule has 2 rings (SSSR count). The Labute approximate surface area is 94.0 Å². The maximum absolute atomic E-state index is 5.76. The van der Waals surface area contributed by atoms with Crippen molar-refractivity contribution in [1.82, 2.24) is 4.98 Å². The van der Waals surface area contributed by atoms with E-state index in [-0.39, 0.29) is 0 Å². The van der Waals surface area contributed by atoms with Crippen molar-refractivity contribution in [2.75, 3.05) is 20.0 Å². The van der Waals surface area contributed by atoms with Crippen LogP contribution in [0.15, 0.2) is 18.2 Å². The van der Waals surface area contributed by atoms with Gasteiger partial charge in [-0.05, 0) is 24.6 Å². The van der Waals surface area contributed by atoms with Gasteiger partial charge in [-0.1, -0.05) is 0 Å². The smallest absolute Gasteiger partial charge is 0.162 e. The van der Waals surface area contributed by atoms with Gasteiger partial charge in [-0.25, -0.2) is 4.98 Å². The van der Waals surface area contributed by atoms with Gasteiger partial charge in [0.2, 0.25) is 0 Å². The quantitative estimate of drug-likeness (QED) is 0.839. The molecule has 0 saturated heterocycles. The lowest BCUT2D eigenvalue weighted by atomic mass is 10.1. The molecular formula is C12H14N2O2. The Morgan fingerprint density at radius 2 is 1.69 bits per heavy atom. The summed E-state index contributed by atoms with van der Waals surface area (Å²) in [6, 6.07) is 5.71. The predicted octanol–water partition coefficient (Wildman–Crippen LogP) is 2.14. The molecule has 1 aromatic carbocycles. The van der Waals surface area contributed by atoms with Crippen LogP contribution in [-0.4, -0.2) is 19.2 Å². The monoisotopic (exact) mass is 218 g/mol. The highest BCUT2D eigenvalue weighted by atomic mass is 16.5. The SMILES string of the molecule is COc1cc2cc(C)c(N)nc2cc1OC. The number of methoxy groups -OCH3 is 2. The van der Waals surface area contributed by atoms with Gasteiger partial charge < -0.3 is 15.2 Å². The highest BCUT2D eigenvalue weighted by Gasteiger charge is 2.08. The minimum absolute atomic E-state index is 0.541. The van der Waals surface area contributed by atoms with E-state index >= 15 is 0 Å². The van der Waals surface area contributed by atoms with E-state index in [1.54, 1.807) is 14.2 Å². The van der Waals surface area contributed by atoms with Crippen LogP contribution in [-0.2, 0) is 0 Å². The second kappa shape index (κ2) is 3.89. The molecule has 0 unspecified atom stereocenters. The number of hydrogen-bond donors (Lipinski definition) is 1. The normalized spacial score (nSPS) is 10.4. The molecule has 0 bridgehead atoms. The molecule has 4 heteroatoms. The maximum Gasteiger partial charge on any atom is 0.162 e. The average molecular weight is 218 g/mol. The van der Waals surface area contributed by atoms with Crippen molar-refractivity contribution < 1.29 is 9.47 Å². The number of rotatable bonds is 2. The molecule has 0 aliphatic heterocycles. The molecule has 0 spiro atoms. The van der Waals surface area contributed by atoms with Crippen LogP contribution in [0.2, 0.25) is 0 Å². The summed E-state index contributed by atoms with van der Waals surface area (Å²) in [6.07, 6.45) is 0. The summed E-state index contributed by atoms with van der Waals surface area (Å²) in [5, 5.41) is 0.990. The number of anilines is 1. The summed E-state index contributed by atoms with van der Waals surface area (Å²) in [5.41, 5.74) is 7.53. The maximum atomic E-state index is 5.76. The van der Waals surface area contributed by atoms with Crippen LogP contribution in [0.1, 0.15) is 5.56 Å². The topological polar surface area (TPSA) is 57.4 Å². The highest BCUT2D eigenvalue weighted by molar-refractivity contribution is 5.84. The van der Waals surface area contributed by atoms with E-state index in [9.17, 15) is 0 Å². The van der Waals surface area contributed by atoms with Gasteiger partial charge in [-0.15, -0.1) is 0 Å². The van der Waals surface area contributed by atoms with Crippen LogP contribution in [0.25, 0.3) is 10.9 Å². The molecule has 0 amide bonds. The summed E-state index contributed by atoms with van der Waals surface area (Å²) in [6.45, 7) is 1.93. The number of benzene rings is 1. The average Bonchev–Trinajstić information content (AvgIpc) is 2.29. The number of nitrogens with zero attached hydrogens (tertiary/aromatic N) is 1. The highest BCUT2D eigenvalue weighted by Crippen LogP contribution is 2.32. The number of ether oxygens (including phenoxy) is 2. The van der Waals surface area contributed by atoms with Crippen LogP contribution in [0.3, 0.4) is 0 Å². The molecule has 16 heavy (non-hydrogen) atoms. The third-order valence-corrected chi connectivity index (χ3v) is 2.55. The van der Waals surface area contributed by atoms with E-state index in [2.05, 4.69) is 4.98 Å². The Morgan fingerprint density at radius 3 is 2.31 bits per heavy atom. The molecule has 1 aromatic heterocycles. The van der Waals surface area contributed by atoms with Crippen molar-refractivity contribution in [2.45, 2.75) is 6.92 Å². The molecule has 4 nitrogen and oxygen atoms in total. The van der Waals surface area contributed by atoms with Crippen LogP contribution in [0.5, 0.6) is 11.5 Å². The Morgan fingerprint density at radius 1 is 1.06 bits per heavy atom. The molecule has 2 aromatic rings. The number of aromatic nitrogens is 1. The van der Waals surface area contributed by atoms with Crippen LogP contribution in [0.4, 0.5) is 5.82 Å². The number of nitrogens with two attached hydrogens (primary N) is 1. The molecule has 84 valence electrons. The van der Waals surface area contributed by atoms with E-state index < -0.39 is 0 Å². The lowest BCUT2D eigenvalue weighted by molar-refractivity contribution is 0.356. The van der Waals surface area contributed by atoms with E-state index in [1.165, 1.54) is 0 Å². The van der Waals surface area contributed by atoms with Crippen molar-refractivity contribution in [1.29, 1.82) is 0 Å². The molecule has 0 saturated carbocycles. The fourth-order valence-corrected chi connectivity index (χ4v) is 1.62. The fraction of sp³-hybridized carbons (Fsp3) is 0.250. The number of hydrogen-bond acceptors (Lipinski definition) is 4. The minimum atomic E-state index is 0.541. The summed E-state index contributed by atoms with van der Waals surface area (Å²) in [5.74, 6) is 1.89. The van der Waals surface area contributed by atoms with Crippen molar-refractivity contribution in [3.05, 3.63) is 23.8 Å². The number of fused-ring (bicyclic) bond motifs is 1. The first-order chi connectivity index (χ1) is 7.65. The van der Waals surface area contributed by atoms with E-state index in [0.717, 1.165) is 16.5 Å². The molecule has 0 aliphatic rings. The molecular weight excluding hydrogens is 204 g/mol. The van der Waals surface area contributed by atoms with Gasteiger partial charge in [-0.3, -0.25) is 0 Å². The molecule has 1 heterocycles. The first kappa shape index (κ1) is 10.5. The Balaban J connectivity index is 2.73. The van der Waals surface area contributed by atoms with E-state index in [1.807, 2.05) is 25.1 Å². The molecule has 0 radical (unpaired) electrons. The van der Waals surface area contributed by atoms with Crippen molar-refractivity contribution in [3.8, 4) is 11.5 Å². The lowest BCUT2D eigenvalue weighted by Gasteiger charge is -2.09. The minimum Gasteiger partial charge on any atom is -0.493 e. The third-order valence-electron chi connectivity index (χ3n) is 2.55. The van der Waals surface area contributed by atoms with Crippen molar-refractivity contribution in [3.63, 3.8) is 0 Å². The molecule has 0 atom stereocenters. The first-order valence-electron chi connectivity index (χ1n) is 4.94. The molecule has 0 aliphatic carbocycles. The number of aryl methyl sites for hydroxylation is 1. The van der Waals surface area contributed by atoms with Gasteiger partial charge in [0.15, 0.2) is 11.5 Å². The third kappa shape index (κ3) is 1.62. The Kier molecular flexibility index (Phi) is 2.56. The van der Waals surface area contributed by atoms with Gasteiger partial charge in [0.25, 0.3) is 0 Å². The van der Waals surface area contributed by atoms with Crippen molar-refractivity contribution >= 4 is 16.7 Å². The fourth-order valence-electron chi connectivity index (χ4n) is 1.62. The van der Waals surface area contributed by atoms with Gasteiger partial charge in [0.05, 0.1) is 19.7 Å². The number of pyridine rings is 1. The summed E-state index contributed by atoms with van der Waals surface area (Å²) in [7, 11) is 3.21. The van der Waals surface area contributed by atoms with Crippen LogP contribution < -0.4 is 15.2 Å². The van der Waals surface area contributed by atoms with Gasteiger partial charge >= 0.3 is 0 Å². The van der Waals surface area contributed by atoms with Gasteiger partial charge in [0, 0.05) is 11.5 Å². The zero-order valence-electron chi connectivity index (χ0n) is 9.57. The molecule has 0 fully saturated rings. The van der Waals surface area contributed by atoms with Crippen molar-refractivity contribution in [2.24, 2.45) is 0 Å². The first-order valence-corrected chi connectivity index (χ1v) is 4.94. The largest absolute Gasteiger partial charge is 0.493 e.